The van der Waals surface area contributed by atoms with Gasteiger partial charge in [-0.2, -0.15) is 5.26 Å². The maximum Gasteiger partial charge on any atom is 0.326 e. The molecular weight excluding hydrogens is 334 g/mol. The first-order chi connectivity index (χ1) is 11.3. The Morgan fingerprint density at radius 3 is 2.58 bits per heavy atom. The minimum absolute atomic E-state index is 0.274. The molecule has 0 aliphatic rings. The molecule has 1 unspecified atom stereocenters. The van der Waals surface area contributed by atoms with Crippen LogP contribution in [0, 0.1) is 17.2 Å². The van der Waals surface area contributed by atoms with Gasteiger partial charge in [0.15, 0.2) is 0 Å². The van der Waals surface area contributed by atoms with E-state index in [4.69, 9.17) is 26.7 Å². The van der Waals surface area contributed by atoms with E-state index in [9.17, 15) is 9.59 Å². The van der Waals surface area contributed by atoms with Gasteiger partial charge in [-0.3, -0.25) is 4.79 Å². The van der Waals surface area contributed by atoms with Gasteiger partial charge in [-0.25, -0.2) is 4.79 Å². The minimum Gasteiger partial charge on any atom is -0.495 e. The van der Waals surface area contributed by atoms with E-state index < -0.39 is 17.9 Å². The summed E-state index contributed by atoms with van der Waals surface area (Å²) in [6.07, 6.45) is 1.17. The molecule has 8 heteroatoms. The van der Waals surface area contributed by atoms with Crippen molar-refractivity contribution in [3.05, 3.63) is 35.0 Å². The van der Waals surface area contributed by atoms with Crippen LogP contribution in [0.3, 0.4) is 0 Å². The van der Waals surface area contributed by atoms with Crippen LogP contribution in [-0.2, 0) is 9.59 Å². The van der Waals surface area contributed by atoms with E-state index in [1.807, 2.05) is 0 Å². The molecule has 0 bridgehead atoms. The van der Waals surface area contributed by atoms with Crippen molar-refractivity contribution in [1.29, 1.82) is 5.26 Å². The maximum absolute atomic E-state index is 12.1. The number of anilines is 1. The SMILES string of the molecule is COc1ccc(Cl)cc1N/C=C(/C#N)C(=O)NC(C(=O)O)C(C)C. The maximum atomic E-state index is 12.1. The summed E-state index contributed by atoms with van der Waals surface area (Å²) in [5.41, 5.74) is 0.188. The highest BCUT2D eigenvalue weighted by Crippen LogP contribution is 2.27. The van der Waals surface area contributed by atoms with Gasteiger partial charge in [-0.05, 0) is 24.1 Å². The third-order valence-electron chi connectivity index (χ3n) is 3.12. The van der Waals surface area contributed by atoms with Gasteiger partial charge in [0.25, 0.3) is 5.91 Å². The van der Waals surface area contributed by atoms with E-state index in [1.54, 1.807) is 38.1 Å². The molecule has 1 amide bonds. The Balaban J connectivity index is 2.95. The number of carboxylic acids is 1. The number of hydrogen-bond acceptors (Lipinski definition) is 5. The largest absolute Gasteiger partial charge is 0.495 e. The highest BCUT2D eigenvalue weighted by Gasteiger charge is 2.24. The summed E-state index contributed by atoms with van der Waals surface area (Å²) in [6, 6.07) is 5.47. The van der Waals surface area contributed by atoms with E-state index >= 15 is 0 Å². The number of amides is 1. The van der Waals surface area contributed by atoms with Gasteiger partial charge >= 0.3 is 5.97 Å². The number of carbonyl (C=O) groups is 2. The lowest BCUT2D eigenvalue weighted by Crippen LogP contribution is -2.44. The highest BCUT2D eigenvalue weighted by atomic mass is 35.5. The molecule has 0 saturated heterocycles. The van der Waals surface area contributed by atoms with Crippen molar-refractivity contribution in [2.45, 2.75) is 19.9 Å². The van der Waals surface area contributed by atoms with E-state index in [2.05, 4.69) is 10.6 Å². The van der Waals surface area contributed by atoms with Crippen molar-refractivity contribution in [3.63, 3.8) is 0 Å². The van der Waals surface area contributed by atoms with Gasteiger partial charge in [0.2, 0.25) is 0 Å². The van der Waals surface area contributed by atoms with Gasteiger partial charge < -0.3 is 20.5 Å². The second-order valence-electron chi connectivity index (χ2n) is 5.19. The van der Waals surface area contributed by atoms with Crippen LogP contribution < -0.4 is 15.4 Å². The number of carboxylic acid groups (broad SMARTS) is 1. The van der Waals surface area contributed by atoms with Crippen molar-refractivity contribution in [1.82, 2.24) is 5.32 Å². The van der Waals surface area contributed by atoms with Crippen LogP contribution in [0.5, 0.6) is 5.75 Å². The molecule has 1 aromatic rings. The molecule has 0 saturated carbocycles. The van der Waals surface area contributed by atoms with Crippen LogP contribution in [0.4, 0.5) is 5.69 Å². The molecule has 1 atom stereocenters. The average molecular weight is 352 g/mol. The number of carbonyl (C=O) groups excluding carboxylic acids is 1. The fraction of sp³-hybridized carbons (Fsp3) is 0.312. The summed E-state index contributed by atoms with van der Waals surface area (Å²) in [4.78, 5) is 23.2. The Hall–Kier alpha value is -2.72. The zero-order valence-corrected chi connectivity index (χ0v) is 14.2. The number of methoxy groups -OCH3 is 1. The quantitative estimate of drug-likeness (QED) is 0.513. The van der Waals surface area contributed by atoms with Gasteiger partial charge in [0.05, 0.1) is 12.8 Å². The number of aliphatic carboxylic acids is 1. The van der Waals surface area contributed by atoms with Crippen molar-refractivity contribution in [2.75, 3.05) is 12.4 Å². The molecule has 0 aliphatic heterocycles. The smallest absolute Gasteiger partial charge is 0.326 e. The molecule has 128 valence electrons. The Labute approximate surface area is 144 Å². The Morgan fingerprint density at radius 1 is 1.42 bits per heavy atom. The normalized spacial score (nSPS) is 12.2. The number of nitrogens with zero attached hydrogens (tertiary/aromatic N) is 1. The van der Waals surface area contributed by atoms with Gasteiger partial charge in [0, 0.05) is 11.2 Å². The minimum atomic E-state index is -1.17. The molecule has 0 spiro atoms. The summed E-state index contributed by atoms with van der Waals surface area (Å²) in [5.74, 6) is -1.81. The zero-order valence-electron chi connectivity index (χ0n) is 13.5. The topological polar surface area (TPSA) is 111 Å². The van der Waals surface area contributed by atoms with E-state index in [0.717, 1.165) is 0 Å². The van der Waals surface area contributed by atoms with Crippen molar-refractivity contribution in [2.24, 2.45) is 5.92 Å². The number of nitrogens with one attached hydrogen (secondary N) is 2. The first-order valence-corrected chi connectivity index (χ1v) is 7.42. The number of nitriles is 1. The van der Waals surface area contributed by atoms with Crippen molar-refractivity contribution in [3.8, 4) is 11.8 Å². The second kappa shape index (κ2) is 8.79. The summed E-state index contributed by atoms with van der Waals surface area (Å²) >= 11 is 5.90. The Kier molecular flexibility index (Phi) is 7.08. The Bertz CT molecular complexity index is 695. The molecule has 0 fully saturated rings. The molecule has 0 aliphatic carbocycles. The predicted octanol–water partition coefficient (Wildman–Crippen LogP) is 2.39. The second-order valence-corrected chi connectivity index (χ2v) is 5.63. The van der Waals surface area contributed by atoms with Crippen LogP contribution >= 0.6 is 11.6 Å². The molecule has 3 N–H and O–H groups in total. The third kappa shape index (κ3) is 5.18. The summed E-state index contributed by atoms with van der Waals surface area (Å²) in [7, 11) is 1.47. The first-order valence-electron chi connectivity index (χ1n) is 7.04. The summed E-state index contributed by atoms with van der Waals surface area (Å²) in [6.45, 7) is 3.31. The predicted molar refractivity (Wildman–Crippen MR) is 89.7 cm³/mol. The van der Waals surface area contributed by atoms with Gasteiger partial charge in [-0.1, -0.05) is 25.4 Å². The molecular formula is C16H18ClN3O4. The average Bonchev–Trinajstić information content (AvgIpc) is 2.52. The van der Waals surface area contributed by atoms with Crippen LogP contribution in [0.2, 0.25) is 5.02 Å². The molecule has 24 heavy (non-hydrogen) atoms. The molecule has 0 aromatic heterocycles. The van der Waals surface area contributed by atoms with Crippen LogP contribution in [0.25, 0.3) is 0 Å². The fourth-order valence-corrected chi connectivity index (χ4v) is 2.00. The molecule has 0 radical (unpaired) electrons. The van der Waals surface area contributed by atoms with E-state index in [1.165, 1.54) is 13.3 Å². The van der Waals surface area contributed by atoms with Gasteiger partial charge in [-0.15, -0.1) is 0 Å². The number of ether oxygens (including phenoxy) is 1. The third-order valence-corrected chi connectivity index (χ3v) is 3.35. The Morgan fingerprint density at radius 2 is 2.08 bits per heavy atom. The lowest BCUT2D eigenvalue weighted by Gasteiger charge is -2.17. The van der Waals surface area contributed by atoms with Gasteiger partial charge in [0.1, 0.15) is 23.4 Å². The number of hydrogen-bond donors (Lipinski definition) is 3. The molecule has 1 aromatic carbocycles. The lowest BCUT2D eigenvalue weighted by atomic mass is 10.0. The summed E-state index contributed by atoms with van der Waals surface area (Å²) < 4.78 is 5.14. The fourth-order valence-electron chi connectivity index (χ4n) is 1.82. The monoisotopic (exact) mass is 351 g/mol. The number of benzene rings is 1. The van der Waals surface area contributed by atoms with E-state index in [0.29, 0.717) is 16.5 Å². The lowest BCUT2D eigenvalue weighted by molar-refractivity contribution is -0.142. The molecule has 1 rings (SSSR count). The summed E-state index contributed by atoms with van der Waals surface area (Å²) in [5, 5.41) is 23.7. The van der Waals surface area contributed by atoms with Crippen molar-refractivity contribution < 1.29 is 19.4 Å². The number of rotatable bonds is 7. The number of halogens is 1. The van der Waals surface area contributed by atoms with E-state index in [-0.39, 0.29) is 11.5 Å². The zero-order chi connectivity index (χ0) is 18.3. The first kappa shape index (κ1) is 19.3. The highest BCUT2D eigenvalue weighted by molar-refractivity contribution is 6.30. The van der Waals surface area contributed by atoms with Crippen LogP contribution in [-0.4, -0.2) is 30.1 Å². The molecule has 0 heterocycles. The van der Waals surface area contributed by atoms with Crippen LogP contribution in [0.15, 0.2) is 30.0 Å². The van der Waals surface area contributed by atoms with Crippen LogP contribution in [0.1, 0.15) is 13.8 Å². The standard InChI is InChI=1S/C16H18ClN3O4/c1-9(2)14(16(22)23)20-15(21)10(7-18)8-19-12-6-11(17)4-5-13(12)24-3/h4-6,8-9,14,19H,1-3H3,(H,20,21)(H,22,23)/b10-8-. The van der Waals surface area contributed by atoms with Crippen molar-refractivity contribution >= 4 is 29.2 Å². The molecule has 7 nitrogen and oxygen atoms in total.